The fraction of sp³-hybridized carbons (Fsp3) is 0.562. The second-order valence-corrected chi connectivity index (χ2v) is 6.09. The summed E-state index contributed by atoms with van der Waals surface area (Å²) in [5.74, 6) is 1.79. The molecule has 0 radical (unpaired) electrons. The Hall–Kier alpha value is -1.51. The van der Waals surface area contributed by atoms with Crippen LogP contribution in [0.4, 0.5) is 5.69 Å². The standard InChI is InChI=1S/C16H22N2O/c1-18(16(12-4-5-12)13-6-7-13)15(19)10-11-2-8-14(17)9-3-11/h2-3,8-9,12-13,16H,4-7,10,17H2,1H3. The number of nitrogens with two attached hydrogens (primary N) is 1. The normalized spacial score (nSPS) is 18.6. The van der Waals surface area contributed by atoms with Crippen LogP contribution in [0.15, 0.2) is 24.3 Å². The maximum atomic E-state index is 12.4. The van der Waals surface area contributed by atoms with E-state index < -0.39 is 0 Å². The summed E-state index contributed by atoms with van der Waals surface area (Å²) in [5, 5.41) is 0. The van der Waals surface area contributed by atoms with Crippen molar-refractivity contribution < 1.29 is 4.79 Å². The molecule has 2 N–H and O–H groups in total. The number of rotatable bonds is 5. The van der Waals surface area contributed by atoms with Gasteiger partial charge >= 0.3 is 0 Å². The van der Waals surface area contributed by atoms with Crippen molar-refractivity contribution in [3.05, 3.63) is 29.8 Å². The van der Waals surface area contributed by atoms with Crippen molar-refractivity contribution in [1.29, 1.82) is 0 Å². The van der Waals surface area contributed by atoms with E-state index in [0.29, 0.717) is 12.5 Å². The molecule has 0 aromatic heterocycles. The summed E-state index contributed by atoms with van der Waals surface area (Å²) in [6, 6.07) is 8.12. The Morgan fingerprint density at radius 2 is 1.74 bits per heavy atom. The summed E-state index contributed by atoms with van der Waals surface area (Å²) in [5.41, 5.74) is 7.47. The number of carbonyl (C=O) groups excluding carboxylic acids is 1. The monoisotopic (exact) mass is 258 g/mol. The van der Waals surface area contributed by atoms with E-state index in [9.17, 15) is 4.79 Å². The van der Waals surface area contributed by atoms with Gasteiger partial charge in [-0.3, -0.25) is 4.79 Å². The Labute approximate surface area is 114 Å². The SMILES string of the molecule is CN(C(=O)Cc1ccc(N)cc1)C(C1CC1)C1CC1. The van der Waals surface area contributed by atoms with Gasteiger partial charge in [0.15, 0.2) is 0 Å². The summed E-state index contributed by atoms with van der Waals surface area (Å²) in [7, 11) is 1.99. The molecule has 1 amide bonds. The smallest absolute Gasteiger partial charge is 0.226 e. The number of anilines is 1. The second-order valence-electron chi connectivity index (χ2n) is 6.09. The van der Waals surface area contributed by atoms with Gasteiger partial charge in [0.05, 0.1) is 6.42 Å². The third-order valence-corrected chi connectivity index (χ3v) is 4.39. The zero-order valence-electron chi connectivity index (χ0n) is 11.5. The van der Waals surface area contributed by atoms with Crippen LogP contribution in [0, 0.1) is 11.8 Å². The molecule has 3 rings (SSSR count). The van der Waals surface area contributed by atoms with E-state index in [0.717, 1.165) is 23.1 Å². The number of nitrogens with zero attached hydrogens (tertiary/aromatic N) is 1. The Balaban J connectivity index is 1.63. The lowest BCUT2D eigenvalue weighted by Gasteiger charge is -2.28. The molecule has 102 valence electrons. The Bertz CT molecular complexity index is 448. The van der Waals surface area contributed by atoms with Crippen molar-refractivity contribution in [2.75, 3.05) is 12.8 Å². The molecule has 0 atom stereocenters. The van der Waals surface area contributed by atoms with E-state index in [1.165, 1.54) is 25.7 Å². The van der Waals surface area contributed by atoms with Crippen molar-refractivity contribution in [1.82, 2.24) is 4.90 Å². The topological polar surface area (TPSA) is 46.3 Å². The van der Waals surface area contributed by atoms with E-state index >= 15 is 0 Å². The predicted molar refractivity (Wildman–Crippen MR) is 76.6 cm³/mol. The van der Waals surface area contributed by atoms with E-state index in [2.05, 4.69) is 0 Å². The van der Waals surface area contributed by atoms with Crippen molar-refractivity contribution >= 4 is 11.6 Å². The van der Waals surface area contributed by atoms with Gasteiger partial charge in [0, 0.05) is 18.8 Å². The molecule has 3 heteroatoms. The molecular weight excluding hydrogens is 236 g/mol. The minimum atomic E-state index is 0.244. The molecule has 1 aromatic carbocycles. The first-order valence-corrected chi connectivity index (χ1v) is 7.25. The number of amides is 1. The molecule has 0 bridgehead atoms. The van der Waals surface area contributed by atoms with Gasteiger partial charge in [-0.2, -0.15) is 0 Å². The summed E-state index contributed by atoms with van der Waals surface area (Å²) >= 11 is 0. The summed E-state index contributed by atoms with van der Waals surface area (Å²) in [4.78, 5) is 14.4. The molecule has 2 aliphatic rings. The van der Waals surface area contributed by atoms with Crippen molar-refractivity contribution in [2.24, 2.45) is 11.8 Å². The van der Waals surface area contributed by atoms with Crippen LogP contribution in [0.25, 0.3) is 0 Å². The third kappa shape index (κ3) is 2.91. The molecule has 3 nitrogen and oxygen atoms in total. The Morgan fingerprint density at radius 3 is 2.21 bits per heavy atom. The Morgan fingerprint density at radius 1 is 1.21 bits per heavy atom. The number of benzene rings is 1. The quantitative estimate of drug-likeness (QED) is 0.825. The highest BCUT2D eigenvalue weighted by Crippen LogP contribution is 2.46. The highest BCUT2D eigenvalue weighted by molar-refractivity contribution is 5.79. The van der Waals surface area contributed by atoms with Crippen molar-refractivity contribution in [3.63, 3.8) is 0 Å². The van der Waals surface area contributed by atoms with Gasteiger partial charge in [-0.1, -0.05) is 12.1 Å². The molecular formula is C16H22N2O. The average molecular weight is 258 g/mol. The molecule has 0 heterocycles. The zero-order chi connectivity index (χ0) is 13.4. The number of nitrogen functional groups attached to an aromatic ring is 1. The predicted octanol–water partition coefficient (Wildman–Crippen LogP) is 2.46. The van der Waals surface area contributed by atoms with Crippen LogP contribution >= 0.6 is 0 Å². The maximum Gasteiger partial charge on any atom is 0.226 e. The van der Waals surface area contributed by atoms with Gasteiger partial charge in [0.2, 0.25) is 5.91 Å². The van der Waals surface area contributed by atoms with Crippen LogP contribution < -0.4 is 5.73 Å². The number of likely N-dealkylation sites (N-methyl/N-ethyl adjacent to an activating group) is 1. The molecule has 0 saturated heterocycles. The molecule has 2 fully saturated rings. The van der Waals surface area contributed by atoms with Gasteiger partial charge in [0.25, 0.3) is 0 Å². The first-order chi connectivity index (χ1) is 9.15. The highest BCUT2D eigenvalue weighted by atomic mass is 16.2. The lowest BCUT2D eigenvalue weighted by molar-refractivity contribution is -0.132. The first kappa shape index (κ1) is 12.5. The molecule has 2 aliphatic carbocycles. The minimum absolute atomic E-state index is 0.244. The maximum absolute atomic E-state index is 12.4. The van der Waals surface area contributed by atoms with Crippen LogP contribution in [0.5, 0.6) is 0 Å². The minimum Gasteiger partial charge on any atom is -0.399 e. The van der Waals surface area contributed by atoms with Crippen LogP contribution in [-0.4, -0.2) is 23.9 Å². The third-order valence-electron chi connectivity index (χ3n) is 4.39. The van der Waals surface area contributed by atoms with Crippen LogP contribution in [-0.2, 0) is 11.2 Å². The molecule has 2 saturated carbocycles. The fourth-order valence-electron chi connectivity index (χ4n) is 2.99. The lowest BCUT2D eigenvalue weighted by atomic mass is 10.0. The fourth-order valence-corrected chi connectivity index (χ4v) is 2.99. The first-order valence-electron chi connectivity index (χ1n) is 7.25. The van der Waals surface area contributed by atoms with Crippen LogP contribution in [0.2, 0.25) is 0 Å². The van der Waals surface area contributed by atoms with Crippen molar-refractivity contribution in [2.45, 2.75) is 38.1 Å². The molecule has 0 unspecified atom stereocenters. The van der Waals surface area contributed by atoms with Gasteiger partial charge < -0.3 is 10.6 Å². The average Bonchev–Trinajstić information content (AvgIpc) is 3.25. The number of hydrogen-bond donors (Lipinski definition) is 1. The van der Waals surface area contributed by atoms with E-state index in [4.69, 9.17) is 5.73 Å². The molecule has 0 aliphatic heterocycles. The van der Waals surface area contributed by atoms with Gasteiger partial charge in [-0.15, -0.1) is 0 Å². The van der Waals surface area contributed by atoms with Gasteiger partial charge in [-0.25, -0.2) is 0 Å². The molecule has 1 aromatic rings. The summed E-state index contributed by atoms with van der Waals surface area (Å²) < 4.78 is 0. The largest absolute Gasteiger partial charge is 0.399 e. The van der Waals surface area contributed by atoms with Crippen LogP contribution in [0.3, 0.4) is 0 Å². The van der Waals surface area contributed by atoms with Gasteiger partial charge in [-0.05, 0) is 55.2 Å². The Kier molecular flexibility index (Phi) is 3.21. The highest BCUT2D eigenvalue weighted by Gasteiger charge is 2.44. The van der Waals surface area contributed by atoms with E-state index in [1.54, 1.807) is 0 Å². The zero-order valence-corrected chi connectivity index (χ0v) is 11.5. The molecule has 19 heavy (non-hydrogen) atoms. The van der Waals surface area contributed by atoms with E-state index in [1.807, 2.05) is 36.2 Å². The lowest BCUT2D eigenvalue weighted by Crippen LogP contribution is -2.40. The second kappa shape index (κ2) is 4.87. The van der Waals surface area contributed by atoms with Crippen LogP contribution in [0.1, 0.15) is 31.2 Å². The summed E-state index contributed by atoms with van der Waals surface area (Å²) in [6.07, 6.45) is 5.72. The molecule has 0 spiro atoms. The van der Waals surface area contributed by atoms with Crippen molar-refractivity contribution in [3.8, 4) is 0 Å². The van der Waals surface area contributed by atoms with Gasteiger partial charge in [0.1, 0.15) is 0 Å². The number of carbonyl (C=O) groups is 1. The number of hydrogen-bond acceptors (Lipinski definition) is 2. The van der Waals surface area contributed by atoms with E-state index in [-0.39, 0.29) is 5.91 Å². The summed E-state index contributed by atoms with van der Waals surface area (Å²) in [6.45, 7) is 0.